The minimum absolute atomic E-state index is 0.237. The van der Waals surface area contributed by atoms with Crippen molar-refractivity contribution in [2.24, 2.45) is 5.16 Å². The van der Waals surface area contributed by atoms with Crippen LogP contribution in [-0.2, 0) is 18.0 Å². The molecule has 5 nitrogen and oxygen atoms in total. The van der Waals surface area contributed by atoms with Gasteiger partial charge in [0.05, 0.1) is 17.8 Å². The van der Waals surface area contributed by atoms with Gasteiger partial charge >= 0.3 is 0 Å². The van der Waals surface area contributed by atoms with Crippen molar-refractivity contribution in [3.05, 3.63) is 45.5 Å². The molecule has 0 atom stereocenters. The van der Waals surface area contributed by atoms with E-state index in [4.69, 9.17) is 4.84 Å². The van der Waals surface area contributed by atoms with E-state index in [-0.39, 0.29) is 12.0 Å². The van der Waals surface area contributed by atoms with Crippen molar-refractivity contribution in [1.29, 1.82) is 0 Å². The Kier molecular flexibility index (Phi) is 3.02. The lowest BCUT2D eigenvalue weighted by Gasteiger charge is -2.23. The van der Waals surface area contributed by atoms with Gasteiger partial charge < -0.3 is 14.5 Å². The number of oxime groups is 1. The monoisotopic (exact) mass is 276 g/mol. The molecule has 2 heterocycles. The average Bonchev–Trinajstić information content (AvgIpc) is 2.44. The third kappa shape index (κ3) is 1.80. The Morgan fingerprint density at radius 2 is 2.25 bits per heavy atom. The van der Waals surface area contributed by atoms with Crippen molar-refractivity contribution in [2.45, 2.75) is 19.6 Å². The van der Waals surface area contributed by atoms with Crippen LogP contribution in [-0.4, -0.2) is 22.5 Å². The number of aryl methyl sites for hydroxylation is 1. The normalized spacial score (nSPS) is 15.8. The van der Waals surface area contributed by atoms with E-state index in [1.807, 2.05) is 4.57 Å². The van der Waals surface area contributed by atoms with Crippen molar-refractivity contribution in [3.8, 4) is 0 Å². The highest BCUT2D eigenvalue weighted by molar-refractivity contribution is 6.10. The van der Waals surface area contributed by atoms with Gasteiger partial charge in [-0.1, -0.05) is 5.16 Å². The number of rotatable bonds is 2. The molecule has 1 N–H and O–H groups in total. The molecule has 0 spiro atoms. The first kappa shape index (κ1) is 12.8. The first-order valence-electron chi connectivity index (χ1n) is 6.23. The van der Waals surface area contributed by atoms with Crippen LogP contribution in [0.1, 0.15) is 17.7 Å². The predicted molar refractivity (Wildman–Crippen MR) is 72.3 cm³/mol. The number of benzene rings is 1. The molecule has 0 radical (unpaired) electrons. The molecule has 0 saturated heterocycles. The Bertz CT molecular complexity index is 780. The smallest absolute Gasteiger partial charge is 0.189 e. The van der Waals surface area contributed by atoms with E-state index in [2.05, 4.69) is 5.16 Å². The standard InChI is InChI=1S/C14H13FN2O3/c1-20-16-12-2-3-17-9(7-18)6-13(19)11-5-8(15)4-10(12)14(11)17/h4-6,18H,2-3,7H2,1H3. The highest BCUT2D eigenvalue weighted by atomic mass is 19.1. The Morgan fingerprint density at radius 3 is 2.95 bits per heavy atom. The van der Waals surface area contributed by atoms with Crippen LogP contribution in [0.15, 0.2) is 28.1 Å². The Morgan fingerprint density at radius 1 is 1.45 bits per heavy atom. The first-order valence-corrected chi connectivity index (χ1v) is 6.23. The van der Waals surface area contributed by atoms with Crippen LogP contribution in [0, 0.1) is 5.82 Å². The van der Waals surface area contributed by atoms with Gasteiger partial charge in [0.1, 0.15) is 12.9 Å². The van der Waals surface area contributed by atoms with Gasteiger partial charge in [-0.3, -0.25) is 4.79 Å². The van der Waals surface area contributed by atoms with Gasteiger partial charge in [-0.15, -0.1) is 0 Å². The largest absolute Gasteiger partial charge is 0.399 e. The van der Waals surface area contributed by atoms with E-state index in [1.54, 1.807) is 0 Å². The van der Waals surface area contributed by atoms with Crippen molar-refractivity contribution >= 4 is 16.6 Å². The minimum Gasteiger partial charge on any atom is -0.399 e. The summed E-state index contributed by atoms with van der Waals surface area (Å²) < 4.78 is 15.6. The van der Waals surface area contributed by atoms with Crippen molar-refractivity contribution in [1.82, 2.24) is 4.57 Å². The fourth-order valence-corrected chi connectivity index (χ4v) is 2.69. The van der Waals surface area contributed by atoms with Crippen molar-refractivity contribution in [3.63, 3.8) is 0 Å². The summed E-state index contributed by atoms with van der Waals surface area (Å²) in [5.41, 5.74) is 1.96. The van der Waals surface area contributed by atoms with E-state index in [1.165, 1.54) is 25.3 Å². The Hall–Kier alpha value is -2.21. The lowest BCUT2D eigenvalue weighted by Crippen LogP contribution is -2.23. The summed E-state index contributed by atoms with van der Waals surface area (Å²) >= 11 is 0. The van der Waals surface area contributed by atoms with Crippen LogP contribution in [0.25, 0.3) is 10.9 Å². The lowest BCUT2D eigenvalue weighted by atomic mass is 9.98. The molecule has 0 saturated carbocycles. The number of aromatic nitrogens is 1. The molecular weight excluding hydrogens is 263 g/mol. The second kappa shape index (κ2) is 4.72. The van der Waals surface area contributed by atoms with Crippen LogP contribution >= 0.6 is 0 Å². The van der Waals surface area contributed by atoms with Gasteiger partial charge in [-0.25, -0.2) is 4.39 Å². The molecule has 0 amide bonds. The summed E-state index contributed by atoms with van der Waals surface area (Å²) in [6.45, 7) is 0.326. The highest BCUT2D eigenvalue weighted by Crippen LogP contribution is 2.26. The molecule has 0 unspecified atom stereocenters. The van der Waals surface area contributed by atoms with Crippen LogP contribution in [0.2, 0.25) is 0 Å². The summed E-state index contributed by atoms with van der Waals surface area (Å²) in [6, 6.07) is 3.91. The Labute approximate surface area is 113 Å². The summed E-state index contributed by atoms with van der Waals surface area (Å²) in [5.74, 6) is -0.487. The molecule has 104 valence electrons. The van der Waals surface area contributed by atoms with Gasteiger partial charge in [0.2, 0.25) is 0 Å². The maximum atomic E-state index is 13.7. The predicted octanol–water partition coefficient (Wildman–Crippen LogP) is 1.39. The SMILES string of the molecule is CON=C1CCn2c(CO)cc(=O)c3cc(F)cc1c32. The summed E-state index contributed by atoms with van der Waals surface area (Å²) in [7, 11) is 1.43. The topological polar surface area (TPSA) is 63.8 Å². The molecule has 1 aliphatic heterocycles. The maximum absolute atomic E-state index is 13.7. The number of halogens is 1. The molecule has 6 heteroatoms. The molecule has 0 bridgehead atoms. The second-order valence-corrected chi connectivity index (χ2v) is 4.63. The highest BCUT2D eigenvalue weighted by Gasteiger charge is 2.22. The molecule has 1 aliphatic rings. The van der Waals surface area contributed by atoms with Gasteiger partial charge in [0.15, 0.2) is 5.43 Å². The molecule has 1 aromatic heterocycles. The average molecular weight is 276 g/mol. The van der Waals surface area contributed by atoms with E-state index >= 15 is 0 Å². The molecule has 20 heavy (non-hydrogen) atoms. The number of hydrogen-bond donors (Lipinski definition) is 1. The van der Waals surface area contributed by atoms with Crippen molar-refractivity contribution < 1.29 is 14.3 Å². The van der Waals surface area contributed by atoms with Gasteiger partial charge in [-0.05, 0) is 12.1 Å². The van der Waals surface area contributed by atoms with Crippen LogP contribution in [0.3, 0.4) is 0 Å². The lowest BCUT2D eigenvalue weighted by molar-refractivity contribution is 0.212. The van der Waals surface area contributed by atoms with E-state index in [0.717, 1.165) is 0 Å². The zero-order valence-corrected chi connectivity index (χ0v) is 10.9. The third-order valence-corrected chi connectivity index (χ3v) is 3.50. The molecule has 2 aromatic rings. The first-order chi connectivity index (χ1) is 9.65. The fraction of sp³-hybridized carbons (Fsp3) is 0.286. The molecule has 0 aliphatic carbocycles. The minimum atomic E-state index is -0.487. The number of pyridine rings is 1. The molecular formula is C14H13FN2O3. The van der Waals surface area contributed by atoms with Gasteiger partial charge in [-0.2, -0.15) is 0 Å². The van der Waals surface area contributed by atoms with Gasteiger partial charge in [0.25, 0.3) is 0 Å². The number of nitrogens with zero attached hydrogens (tertiary/aromatic N) is 2. The summed E-state index contributed by atoms with van der Waals surface area (Å²) in [4.78, 5) is 16.8. The fourth-order valence-electron chi connectivity index (χ4n) is 2.69. The zero-order valence-electron chi connectivity index (χ0n) is 10.9. The maximum Gasteiger partial charge on any atom is 0.189 e. The third-order valence-electron chi connectivity index (χ3n) is 3.50. The van der Waals surface area contributed by atoms with Crippen LogP contribution < -0.4 is 5.43 Å². The zero-order chi connectivity index (χ0) is 14.3. The van der Waals surface area contributed by atoms with Crippen molar-refractivity contribution in [2.75, 3.05) is 7.11 Å². The summed E-state index contributed by atoms with van der Waals surface area (Å²) in [6.07, 6.45) is 0.551. The Balaban J connectivity index is 2.48. The number of aliphatic hydroxyl groups is 1. The van der Waals surface area contributed by atoms with Crippen LogP contribution in [0.5, 0.6) is 0 Å². The van der Waals surface area contributed by atoms with E-state index in [0.29, 0.717) is 40.8 Å². The quantitative estimate of drug-likeness (QED) is 0.843. The molecule has 1 aromatic carbocycles. The van der Waals surface area contributed by atoms with E-state index < -0.39 is 5.82 Å². The molecule has 3 rings (SSSR count). The van der Waals surface area contributed by atoms with Crippen LogP contribution in [0.4, 0.5) is 4.39 Å². The molecule has 0 fully saturated rings. The number of hydrogen-bond acceptors (Lipinski definition) is 4. The number of aliphatic hydroxyl groups excluding tert-OH is 1. The van der Waals surface area contributed by atoms with Gasteiger partial charge in [0, 0.05) is 35.7 Å². The summed E-state index contributed by atoms with van der Waals surface area (Å²) in [5, 5.41) is 13.6. The van der Waals surface area contributed by atoms with E-state index in [9.17, 15) is 14.3 Å². The second-order valence-electron chi connectivity index (χ2n) is 4.63.